The molecule has 0 saturated heterocycles. The molecule has 0 saturated carbocycles. The molecule has 0 atom stereocenters. The minimum absolute atomic E-state index is 0.168. The average Bonchev–Trinajstić information content (AvgIpc) is 3.39. The van der Waals surface area contributed by atoms with Crippen molar-refractivity contribution in [3.05, 3.63) is 65.3 Å². The lowest BCUT2D eigenvalue weighted by Crippen LogP contribution is -2.14. The van der Waals surface area contributed by atoms with Gasteiger partial charge >= 0.3 is 0 Å². The highest BCUT2D eigenvalue weighted by Gasteiger charge is 2.14. The number of halogens is 1. The molecule has 0 aliphatic rings. The van der Waals surface area contributed by atoms with Gasteiger partial charge in [0.1, 0.15) is 5.82 Å². The summed E-state index contributed by atoms with van der Waals surface area (Å²) in [7, 11) is 1.82. The van der Waals surface area contributed by atoms with Crippen LogP contribution in [0.2, 0.25) is 0 Å². The number of thioether (sulfide) groups is 1. The molecular weight excluding hydrogens is 433 g/mol. The number of thiazole rings is 1. The summed E-state index contributed by atoms with van der Waals surface area (Å²) in [5.41, 5.74) is 3.90. The van der Waals surface area contributed by atoms with Crippen molar-refractivity contribution in [2.75, 3.05) is 11.1 Å². The largest absolute Gasteiger partial charge is 0.305 e. The lowest BCUT2D eigenvalue weighted by atomic mass is 10.1. The maximum Gasteiger partial charge on any atom is 0.236 e. The van der Waals surface area contributed by atoms with E-state index in [9.17, 15) is 9.18 Å². The smallest absolute Gasteiger partial charge is 0.236 e. The van der Waals surface area contributed by atoms with Gasteiger partial charge in [0.15, 0.2) is 16.1 Å². The van der Waals surface area contributed by atoms with Crippen molar-refractivity contribution in [2.24, 2.45) is 7.05 Å². The van der Waals surface area contributed by atoms with E-state index in [1.807, 2.05) is 24.6 Å². The van der Waals surface area contributed by atoms with E-state index >= 15 is 0 Å². The molecule has 158 valence electrons. The SMILES string of the molecule is CCc1ccc(-c2csc(NC(=O)CSc3nnc(-c4ccc(F)cc4)n3C)n2)cc1. The van der Waals surface area contributed by atoms with Crippen molar-refractivity contribution in [2.45, 2.75) is 18.5 Å². The van der Waals surface area contributed by atoms with Gasteiger partial charge in [-0.2, -0.15) is 0 Å². The average molecular weight is 454 g/mol. The van der Waals surface area contributed by atoms with E-state index in [1.54, 1.807) is 16.7 Å². The Morgan fingerprint density at radius 1 is 1.10 bits per heavy atom. The van der Waals surface area contributed by atoms with Gasteiger partial charge < -0.3 is 9.88 Å². The van der Waals surface area contributed by atoms with Gasteiger partial charge in [-0.15, -0.1) is 21.5 Å². The summed E-state index contributed by atoms with van der Waals surface area (Å²) < 4.78 is 14.9. The number of aryl methyl sites for hydroxylation is 1. The molecule has 4 aromatic rings. The van der Waals surface area contributed by atoms with Crippen LogP contribution in [0.15, 0.2) is 59.1 Å². The summed E-state index contributed by atoms with van der Waals surface area (Å²) in [6.07, 6.45) is 0.993. The number of hydrogen-bond acceptors (Lipinski definition) is 6. The normalized spacial score (nSPS) is 10.9. The van der Waals surface area contributed by atoms with E-state index in [-0.39, 0.29) is 17.5 Å². The summed E-state index contributed by atoms with van der Waals surface area (Å²) in [4.78, 5) is 16.9. The second kappa shape index (κ2) is 9.40. The number of carbonyl (C=O) groups excluding carboxylic acids is 1. The third kappa shape index (κ3) is 5.00. The molecule has 2 aromatic carbocycles. The van der Waals surface area contributed by atoms with Gasteiger partial charge in [-0.3, -0.25) is 4.79 Å². The lowest BCUT2D eigenvalue weighted by Gasteiger charge is -2.04. The Bertz CT molecular complexity index is 1190. The van der Waals surface area contributed by atoms with Gasteiger partial charge in [-0.1, -0.05) is 43.0 Å². The molecule has 31 heavy (non-hydrogen) atoms. The highest BCUT2D eigenvalue weighted by molar-refractivity contribution is 7.99. The van der Waals surface area contributed by atoms with Gasteiger partial charge in [0.25, 0.3) is 0 Å². The molecule has 0 bridgehead atoms. The fraction of sp³-hybridized carbons (Fsp3) is 0.182. The predicted octanol–water partition coefficient (Wildman–Crippen LogP) is 5.04. The highest BCUT2D eigenvalue weighted by atomic mass is 32.2. The van der Waals surface area contributed by atoms with Crippen LogP contribution in [-0.2, 0) is 18.3 Å². The Balaban J connectivity index is 1.36. The van der Waals surface area contributed by atoms with Gasteiger partial charge in [-0.25, -0.2) is 9.37 Å². The fourth-order valence-corrected chi connectivity index (χ4v) is 4.40. The van der Waals surface area contributed by atoms with Gasteiger partial charge in [0.05, 0.1) is 11.4 Å². The van der Waals surface area contributed by atoms with E-state index < -0.39 is 0 Å². The monoisotopic (exact) mass is 453 g/mol. The summed E-state index contributed by atoms with van der Waals surface area (Å²) in [5.74, 6) is 0.316. The predicted molar refractivity (Wildman–Crippen MR) is 123 cm³/mol. The molecule has 0 fully saturated rings. The molecule has 4 rings (SSSR count). The molecule has 0 aliphatic heterocycles. The number of aromatic nitrogens is 4. The van der Waals surface area contributed by atoms with Crippen molar-refractivity contribution < 1.29 is 9.18 Å². The first-order chi connectivity index (χ1) is 15.0. The molecule has 0 unspecified atom stereocenters. The molecular formula is C22H20FN5OS2. The minimum Gasteiger partial charge on any atom is -0.305 e. The van der Waals surface area contributed by atoms with Crippen LogP contribution in [0.3, 0.4) is 0 Å². The first-order valence-electron chi connectivity index (χ1n) is 9.66. The zero-order valence-electron chi connectivity index (χ0n) is 17.0. The Morgan fingerprint density at radius 2 is 1.81 bits per heavy atom. The molecule has 2 heterocycles. The fourth-order valence-electron chi connectivity index (χ4n) is 2.95. The van der Waals surface area contributed by atoms with Crippen LogP contribution in [0.4, 0.5) is 9.52 Å². The van der Waals surface area contributed by atoms with Crippen LogP contribution >= 0.6 is 23.1 Å². The quantitative estimate of drug-likeness (QED) is 0.397. The Hall–Kier alpha value is -3.04. The van der Waals surface area contributed by atoms with Crippen molar-refractivity contribution in [3.8, 4) is 22.6 Å². The Labute approximate surface area is 187 Å². The van der Waals surface area contributed by atoms with E-state index in [1.165, 1.54) is 40.8 Å². The molecule has 0 spiro atoms. The third-order valence-electron chi connectivity index (χ3n) is 4.68. The van der Waals surface area contributed by atoms with Crippen LogP contribution in [0.1, 0.15) is 12.5 Å². The first kappa shape index (κ1) is 21.2. The number of anilines is 1. The number of carbonyl (C=O) groups is 1. The molecule has 1 N–H and O–H groups in total. The van der Waals surface area contributed by atoms with E-state index in [0.29, 0.717) is 16.1 Å². The molecule has 6 nitrogen and oxygen atoms in total. The topological polar surface area (TPSA) is 72.7 Å². The Morgan fingerprint density at radius 3 is 2.52 bits per heavy atom. The summed E-state index contributed by atoms with van der Waals surface area (Å²) in [6.45, 7) is 2.12. The van der Waals surface area contributed by atoms with Crippen molar-refractivity contribution in [3.63, 3.8) is 0 Å². The molecule has 9 heteroatoms. The number of hydrogen-bond donors (Lipinski definition) is 1. The first-order valence-corrected chi connectivity index (χ1v) is 11.5. The van der Waals surface area contributed by atoms with E-state index in [0.717, 1.165) is 23.2 Å². The number of nitrogens with one attached hydrogen (secondary N) is 1. The van der Waals surface area contributed by atoms with Crippen molar-refractivity contribution in [1.29, 1.82) is 0 Å². The maximum absolute atomic E-state index is 13.1. The maximum atomic E-state index is 13.1. The number of rotatable bonds is 7. The van der Waals surface area contributed by atoms with Crippen LogP contribution in [0.25, 0.3) is 22.6 Å². The second-order valence-corrected chi connectivity index (χ2v) is 8.60. The van der Waals surface area contributed by atoms with Gasteiger partial charge in [-0.05, 0) is 36.2 Å². The summed E-state index contributed by atoms with van der Waals surface area (Å²) in [6, 6.07) is 14.3. The van der Waals surface area contributed by atoms with Crippen molar-refractivity contribution >= 4 is 34.1 Å². The zero-order chi connectivity index (χ0) is 21.8. The van der Waals surface area contributed by atoms with Crippen LogP contribution in [0.5, 0.6) is 0 Å². The second-order valence-electron chi connectivity index (χ2n) is 6.80. The summed E-state index contributed by atoms with van der Waals surface area (Å²) >= 11 is 2.67. The lowest BCUT2D eigenvalue weighted by molar-refractivity contribution is -0.113. The molecule has 0 aliphatic carbocycles. The number of benzene rings is 2. The number of nitrogens with zero attached hydrogens (tertiary/aromatic N) is 4. The Kier molecular flexibility index (Phi) is 6.43. The highest BCUT2D eigenvalue weighted by Crippen LogP contribution is 2.26. The molecule has 2 aromatic heterocycles. The molecule has 1 amide bonds. The number of amides is 1. The van der Waals surface area contributed by atoms with Gasteiger partial charge in [0, 0.05) is 23.6 Å². The van der Waals surface area contributed by atoms with Gasteiger partial charge in [0.2, 0.25) is 5.91 Å². The van der Waals surface area contributed by atoms with Crippen LogP contribution in [0, 0.1) is 5.82 Å². The zero-order valence-corrected chi connectivity index (χ0v) is 18.6. The minimum atomic E-state index is -0.305. The summed E-state index contributed by atoms with van der Waals surface area (Å²) in [5, 5.41) is 14.2. The van der Waals surface area contributed by atoms with Crippen LogP contribution < -0.4 is 5.32 Å². The van der Waals surface area contributed by atoms with E-state index in [4.69, 9.17) is 0 Å². The van der Waals surface area contributed by atoms with E-state index in [2.05, 4.69) is 39.6 Å². The van der Waals surface area contributed by atoms with Crippen molar-refractivity contribution in [1.82, 2.24) is 19.7 Å². The third-order valence-corrected chi connectivity index (χ3v) is 6.46. The van der Waals surface area contributed by atoms with Crippen LogP contribution in [-0.4, -0.2) is 31.4 Å². The molecule has 0 radical (unpaired) electrons. The standard InChI is InChI=1S/C22H20FN5OS2/c1-3-14-4-6-15(7-5-14)18-12-30-21(24-18)25-19(29)13-31-22-27-26-20(28(22)2)16-8-10-17(23)11-9-16/h4-12H,3,13H2,1-2H3,(H,24,25,29).